The lowest BCUT2D eigenvalue weighted by Gasteiger charge is -2.22. The molecule has 2 aromatic carbocycles. The molecule has 3 N–H and O–H groups in total. The molecule has 0 saturated heterocycles. The van der Waals surface area contributed by atoms with Crippen LogP contribution in [0.25, 0.3) is 10.1 Å². The van der Waals surface area contributed by atoms with E-state index in [-0.39, 0.29) is 6.54 Å². The monoisotopic (exact) mass is 370 g/mol. The Balaban J connectivity index is 1.65. The largest absolute Gasteiger partial charge is 0.492 e. The van der Waals surface area contributed by atoms with Gasteiger partial charge < -0.3 is 20.5 Å². The lowest BCUT2D eigenvalue weighted by molar-refractivity contribution is 0.0638. The van der Waals surface area contributed by atoms with Crippen LogP contribution in [0.15, 0.2) is 54.6 Å². The molecule has 0 aliphatic rings. The number of nitrogens with one attached hydrogen (secondary N) is 2. The van der Waals surface area contributed by atoms with Gasteiger partial charge in [0, 0.05) is 9.58 Å². The van der Waals surface area contributed by atoms with Crippen molar-refractivity contribution in [3.05, 3.63) is 59.5 Å². The van der Waals surface area contributed by atoms with E-state index in [4.69, 9.17) is 4.74 Å². The second-order valence-electron chi connectivity index (χ2n) is 6.16. The van der Waals surface area contributed by atoms with Crippen LogP contribution >= 0.6 is 11.3 Å². The van der Waals surface area contributed by atoms with Gasteiger partial charge in [-0.2, -0.15) is 0 Å². The summed E-state index contributed by atoms with van der Waals surface area (Å²) in [6, 6.07) is 16.8. The van der Waals surface area contributed by atoms with Crippen LogP contribution in [0.5, 0.6) is 5.75 Å². The fraction of sp³-hybridized carbons (Fsp3) is 0.250. The first-order valence-corrected chi connectivity index (χ1v) is 9.29. The molecular formula is C20H22N2O3S. The average molecular weight is 370 g/mol. The molecule has 1 unspecified atom stereocenters. The van der Waals surface area contributed by atoms with E-state index in [1.165, 1.54) is 11.3 Å². The summed E-state index contributed by atoms with van der Waals surface area (Å²) in [5.41, 5.74) is -0.561. The van der Waals surface area contributed by atoms with Crippen LogP contribution in [-0.4, -0.2) is 24.3 Å². The Morgan fingerprint density at radius 1 is 1.19 bits per heavy atom. The number of para-hydroxylation sites is 2. The number of carbonyl (C=O) groups excluding carboxylic acids is 1. The van der Waals surface area contributed by atoms with Crippen LogP contribution in [0.3, 0.4) is 0 Å². The van der Waals surface area contributed by atoms with Crippen molar-refractivity contribution in [3.8, 4) is 5.75 Å². The van der Waals surface area contributed by atoms with E-state index in [1.54, 1.807) is 19.1 Å². The predicted molar refractivity (Wildman–Crippen MR) is 106 cm³/mol. The van der Waals surface area contributed by atoms with Gasteiger partial charge in [0.1, 0.15) is 11.4 Å². The number of anilines is 1. The van der Waals surface area contributed by atoms with Crippen molar-refractivity contribution < 1.29 is 14.6 Å². The van der Waals surface area contributed by atoms with Crippen LogP contribution in [0.2, 0.25) is 0 Å². The van der Waals surface area contributed by atoms with Crippen molar-refractivity contribution >= 4 is 33.1 Å². The molecule has 1 heterocycles. The second kappa shape index (κ2) is 7.76. The number of urea groups is 1. The van der Waals surface area contributed by atoms with Gasteiger partial charge in [0.15, 0.2) is 0 Å². The molecular weight excluding hydrogens is 348 g/mol. The summed E-state index contributed by atoms with van der Waals surface area (Å²) in [6.45, 7) is 4.20. The number of carbonyl (C=O) groups is 1. The summed E-state index contributed by atoms with van der Waals surface area (Å²) >= 11 is 1.53. The van der Waals surface area contributed by atoms with Gasteiger partial charge in [-0.1, -0.05) is 30.3 Å². The Bertz CT molecular complexity index is 872. The average Bonchev–Trinajstić information content (AvgIpc) is 3.07. The first-order valence-electron chi connectivity index (χ1n) is 8.48. The molecule has 3 aromatic rings. The molecule has 26 heavy (non-hydrogen) atoms. The van der Waals surface area contributed by atoms with Crippen molar-refractivity contribution in [2.24, 2.45) is 0 Å². The minimum absolute atomic E-state index is 0.0997. The van der Waals surface area contributed by atoms with Crippen LogP contribution in [0.4, 0.5) is 10.5 Å². The quantitative estimate of drug-likeness (QED) is 0.605. The van der Waals surface area contributed by atoms with Gasteiger partial charge in [0.2, 0.25) is 0 Å². The Morgan fingerprint density at radius 3 is 2.69 bits per heavy atom. The van der Waals surface area contributed by atoms with Gasteiger partial charge in [-0.25, -0.2) is 4.79 Å². The molecule has 0 radical (unpaired) electrons. The van der Waals surface area contributed by atoms with E-state index in [0.29, 0.717) is 18.0 Å². The van der Waals surface area contributed by atoms with Gasteiger partial charge in [-0.3, -0.25) is 0 Å². The third-order valence-corrected chi connectivity index (χ3v) is 5.35. The number of hydrogen-bond donors (Lipinski definition) is 3. The molecule has 2 amide bonds. The van der Waals surface area contributed by atoms with Gasteiger partial charge in [-0.15, -0.1) is 11.3 Å². The standard InChI is InChI=1S/C20H22N2O3S/c1-3-25-16-10-6-5-9-15(16)22-19(23)21-13-20(2,24)18-12-14-8-4-7-11-17(14)26-18/h4-12,24H,3,13H2,1-2H3,(H2,21,22,23). The summed E-state index contributed by atoms with van der Waals surface area (Å²) in [5, 5.41) is 17.4. The smallest absolute Gasteiger partial charge is 0.319 e. The fourth-order valence-electron chi connectivity index (χ4n) is 2.60. The van der Waals surface area contributed by atoms with Gasteiger partial charge >= 0.3 is 6.03 Å². The van der Waals surface area contributed by atoms with Gasteiger partial charge in [0.25, 0.3) is 0 Å². The lowest BCUT2D eigenvalue weighted by Crippen LogP contribution is -2.40. The molecule has 0 bridgehead atoms. The highest BCUT2D eigenvalue weighted by atomic mass is 32.1. The van der Waals surface area contributed by atoms with E-state index >= 15 is 0 Å². The first-order chi connectivity index (χ1) is 12.5. The Labute approximate surface area is 156 Å². The highest BCUT2D eigenvalue weighted by molar-refractivity contribution is 7.19. The minimum Gasteiger partial charge on any atom is -0.492 e. The molecule has 1 aromatic heterocycles. The molecule has 0 spiro atoms. The molecule has 3 rings (SSSR count). The van der Waals surface area contributed by atoms with Crippen molar-refractivity contribution in [2.75, 3.05) is 18.5 Å². The molecule has 0 fully saturated rings. The van der Waals surface area contributed by atoms with E-state index in [9.17, 15) is 9.90 Å². The SMILES string of the molecule is CCOc1ccccc1NC(=O)NCC(C)(O)c1cc2ccccc2s1. The zero-order chi connectivity index (χ0) is 18.6. The number of benzene rings is 2. The molecule has 0 saturated carbocycles. The molecule has 1 atom stereocenters. The molecule has 6 heteroatoms. The number of fused-ring (bicyclic) bond motifs is 1. The number of aliphatic hydroxyl groups is 1. The summed E-state index contributed by atoms with van der Waals surface area (Å²) in [7, 11) is 0. The highest BCUT2D eigenvalue weighted by Crippen LogP contribution is 2.32. The topological polar surface area (TPSA) is 70.6 Å². The van der Waals surface area contributed by atoms with Crippen LogP contribution in [0, 0.1) is 0 Å². The molecule has 5 nitrogen and oxygen atoms in total. The Kier molecular flexibility index (Phi) is 5.44. The summed E-state index contributed by atoms with van der Waals surface area (Å²) in [6.07, 6.45) is 0. The normalized spacial score (nSPS) is 13.2. The maximum Gasteiger partial charge on any atom is 0.319 e. The van der Waals surface area contributed by atoms with Crippen LogP contribution in [-0.2, 0) is 5.60 Å². The van der Waals surface area contributed by atoms with E-state index in [0.717, 1.165) is 15.0 Å². The molecule has 136 valence electrons. The molecule has 0 aliphatic heterocycles. The Hall–Kier alpha value is -2.57. The maximum atomic E-state index is 12.2. The maximum absolute atomic E-state index is 12.2. The third-order valence-electron chi connectivity index (χ3n) is 3.98. The zero-order valence-corrected chi connectivity index (χ0v) is 15.6. The van der Waals surface area contributed by atoms with E-state index < -0.39 is 11.6 Å². The zero-order valence-electron chi connectivity index (χ0n) is 14.8. The summed E-state index contributed by atoms with van der Waals surface area (Å²) < 4.78 is 6.61. The van der Waals surface area contributed by atoms with Crippen molar-refractivity contribution in [2.45, 2.75) is 19.4 Å². The number of amides is 2. The number of thiophene rings is 1. The minimum atomic E-state index is -1.15. The van der Waals surface area contributed by atoms with Crippen LogP contribution in [0.1, 0.15) is 18.7 Å². The highest BCUT2D eigenvalue weighted by Gasteiger charge is 2.26. The van der Waals surface area contributed by atoms with Crippen molar-refractivity contribution in [1.29, 1.82) is 0 Å². The van der Waals surface area contributed by atoms with Gasteiger partial charge in [-0.05, 0) is 43.5 Å². The molecule has 0 aliphatic carbocycles. The Morgan fingerprint density at radius 2 is 1.92 bits per heavy atom. The first kappa shape index (κ1) is 18.2. The predicted octanol–water partition coefficient (Wildman–Crippen LogP) is 4.33. The van der Waals surface area contributed by atoms with Gasteiger partial charge in [0.05, 0.1) is 18.8 Å². The third kappa shape index (κ3) is 4.15. The second-order valence-corrected chi connectivity index (χ2v) is 7.24. The fourth-order valence-corrected chi connectivity index (χ4v) is 3.71. The number of rotatable bonds is 6. The lowest BCUT2D eigenvalue weighted by atomic mass is 10.0. The number of ether oxygens (including phenoxy) is 1. The van der Waals surface area contributed by atoms with Crippen LogP contribution < -0.4 is 15.4 Å². The summed E-state index contributed by atoms with van der Waals surface area (Å²) in [5.74, 6) is 0.612. The van der Waals surface area contributed by atoms with E-state index in [2.05, 4.69) is 10.6 Å². The van der Waals surface area contributed by atoms with E-state index in [1.807, 2.05) is 49.4 Å². The van der Waals surface area contributed by atoms with Crippen molar-refractivity contribution in [1.82, 2.24) is 5.32 Å². The van der Waals surface area contributed by atoms with Crippen molar-refractivity contribution in [3.63, 3.8) is 0 Å². The summed E-state index contributed by atoms with van der Waals surface area (Å²) in [4.78, 5) is 13.0. The number of hydrogen-bond acceptors (Lipinski definition) is 4.